The lowest BCUT2D eigenvalue weighted by Crippen LogP contribution is -2.46. The maximum Gasteiger partial charge on any atom is 0.228 e. The monoisotopic (exact) mass is 278 g/mol. The van der Waals surface area contributed by atoms with Crippen LogP contribution in [0.5, 0.6) is 0 Å². The van der Waals surface area contributed by atoms with Gasteiger partial charge in [-0.3, -0.25) is 4.79 Å². The zero-order valence-electron chi connectivity index (χ0n) is 12.6. The van der Waals surface area contributed by atoms with E-state index in [1.807, 2.05) is 30.3 Å². The minimum absolute atomic E-state index is 0.0260. The molecule has 0 fully saturated rings. The molecule has 0 saturated carbocycles. The third-order valence-corrected chi connectivity index (χ3v) is 3.65. The second-order valence-corrected chi connectivity index (χ2v) is 5.17. The predicted molar refractivity (Wildman–Crippen MR) is 81.5 cm³/mol. The van der Waals surface area contributed by atoms with E-state index in [1.165, 1.54) is 0 Å². The van der Waals surface area contributed by atoms with Gasteiger partial charge in [-0.25, -0.2) is 0 Å². The first-order valence-corrected chi connectivity index (χ1v) is 7.18. The Hall–Kier alpha value is -1.39. The second-order valence-electron chi connectivity index (χ2n) is 5.17. The highest BCUT2D eigenvalue weighted by molar-refractivity contribution is 5.84. The average molecular weight is 278 g/mol. The summed E-state index contributed by atoms with van der Waals surface area (Å²) in [6, 6.07) is 9.76. The van der Waals surface area contributed by atoms with Gasteiger partial charge in [0, 0.05) is 13.7 Å². The zero-order chi connectivity index (χ0) is 15.0. The fourth-order valence-corrected chi connectivity index (χ4v) is 2.30. The van der Waals surface area contributed by atoms with Gasteiger partial charge in [0.05, 0.1) is 18.6 Å². The third-order valence-electron chi connectivity index (χ3n) is 3.65. The van der Waals surface area contributed by atoms with Crippen molar-refractivity contribution in [2.24, 2.45) is 11.7 Å². The average Bonchev–Trinajstić information content (AvgIpc) is 2.47. The van der Waals surface area contributed by atoms with Crippen molar-refractivity contribution in [1.82, 2.24) is 5.32 Å². The van der Waals surface area contributed by atoms with E-state index in [4.69, 9.17) is 10.5 Å². The highest BCUT2D eigenvalue weighted by Crippen LogP contribution is 2.27. The number of carbonyl (C=O) groups excluding carboxylic acids is 1. The van der Waals surface area contributed by atoms with E-state index in [2.05, 4.69) is 19.2 Å². The number of amides is 1. The fraction of sp³-hybridized carbons (Fsp3) is 0.562. The van der Waals surface area contributed by atoms with Crippen molar-refractivity contribution >= 4 is 5.91 Å². The number of hydrogen-bond acceptors (Lipinski definition) is 3. The number of rotatable bonds is 8. The summed E-state index contributed by atoms with van der Waals surface area (Å²) < 4.78 is 5.07. The van der Waals surface area contributed by atoms with E-state index in [0.717, 1.165) is 12.0 Å². The first-order valence-electron chi connectivity index (χ1n) is 7.18. The Bertz CT molecular complexity index is 395. The minimum atomic E-state index is -0.146. The van der Waals surface area contributed by atoms with Crippen LogP contribution in [0.15, 0.2) is 30.3 Å². The normalized spacial score (nSPS) is 15.4. The van der Waals surface area contributed by atoms with E-state index in [0.29, 0.717) is 13.2 Å². The molecule has 0 bridgehead atoms. The summed E-state index contributed by atoms with van der Waals surface area (Å²) in [5.74, 6) is 0.156. The highest BCUT2D eigenvalue weighted by Gasteiger charge is 2.27. The van der Waals surface area contributed by atoms with Crippen molar-refractivity contribution in [3.8, 4) is 0 Å². The predicted octanol–water partition coefficient (Wildman–Crippen LogP) is 1.91. The molecule has 0 radical (unpaired) electrons. The summed E-state index contributed by atoms with van der Waals surface area (Å²) in [5, 5.41) is 2.99. The molecule has 0 saturated heterocycles. The summed E-state index contributed by atoms with van der Waals surface area (Å²) in [5.41, 5.74) is 6.71. The minimum Gasteiger partial charge on any atom is -0.383 e. The molecular formula is C16H26N2O2. The van der Waals surface area contributed by atoms with Gasteiger partial charge in [-0.05, 0) is 11.5 Å². The molecule has 1 amide bonds. The highest BCUT2D eigenvalue weighted by atomic mass is 16.5. The maximum atomic E-state index is 12.6. The van der Waals surface area contributed by atoms with Crippen LogP contribution in [0.25, 0.3) is 0 Å². The van der Waals surface area contributed by atoms with Crippen molar-refractivity contribution in [2.45, 2.75) is 32.2 Å². The molecule has 112 valence electrons. The van der Waals surface area contributed by atoms with Gasteiger partial charge >= 0.3 is 0 Å². The summed E-state index contributed by atoms with van der Waals surface area (Å²) in [4.78, 5) is 12.6. The van der Waals surface area contributed by atoms with E-state index in [-0.39, 0.29) is 23.8 Å². The van der Waals surface area contributed by atoms with E-state index < -0.39 is 0 Å². The number of nitrogens with one attached hydrogen (secondary N) is 1. The molecule has 4 heteroatoms. The lowest BCUT2D eigenvalue weighted by Gasteiger charge is -2.25. The van der Waals surface area contributed by atoms with Crippen LogP contribution in [-0.4, -0.2) is 32.2 Å². The van der Waals surface area contributed by atoms with Gasteiger partial charge in [-0.1, -0.05) is 50.6 Å². The smallest absolute Gasteiger partial charge is 0.228 e. The quantitative estimate of drug-likeness (QED) is 0.763. The lowest BCUT2D eigenvalue weighted by molar-refractivity contribution is -0.124. The molecule has 20 heavy (non-hydrogen) atoms. The molecule has 3 atom stereocenters. The largest absolute Gasteiger partial charge is 0.383 e. The van der Waals surface area contributed by atoms with Crippen LogP contribution in [0.4, 0.5) is 0 Å². The van der Waals surface area contributed by atoms with Crippen molar-refractivity contribution in [3.63, 3.8) is 0 Å². The van der Waals surface area contributed by atoms with Gasteiger partial charge in [-0.2, -0.15) is 0 Å². The van der Waals surface area contributed by atoms with Gasteiger partial charge in [0.1, 0.15) is 0 Å². The zero-order valence-corrected chi connectivity index (χ0v) is 12.6. The molecule has 0 aliphatic carbocycles. The van der Waals surface area contributed by atoms with Gasteiger partial charge in [0.25, 0.3) is 0 Å². The molecule has 0 aromatic heterocycles. The first kappa shape index (κ1) is 16.7. The van der Waals surface area contributed by atoms with Crippen LogP contribution < -0.4 is 11.1 Å². The van der Waals surface area contributed by atoms with Gasteiger partial charge in [-0.15, -0.1) is 0 Å². The standard InChI is InChI=1S/C16H26N2O2/c1-4-12(2)15(13-8-6-5-7-9-13)16(19)18-14(10-17)11-20-3/h5-9,12,14-15H,4,10-11,17H2,1-3H3,(H,18,19). The topological polar surface area (TPSA) is 64.4 Å². The van der Waals surface area contributed by atoms with E-state index >= 15 is 0 Å². The second kappa shape index (κ2) is 8.72. The number of methoxy groups -OCH3 is 1. The number of ether oxygens (including phenoxy) is 1. The Kier molecular flexibility index (Phi) is 7.26. The molecule has 0 aliphatic heterocycles. The Morgan fingerprint density at radius 2 is 2.00 bits per heavy atom. The maximum absolute atomic E-state index is 12.6. The Labute approximate surface area is 121 Å². The molecule has 1 rings (SSSR count). The molecule has 0 heterocycles. The lowest BCUT2D eigenvalue weighted by atomic mass is 9.84. The van der Waals surface area contributed by atoms with Crippen LogP contribution in [0.3, 0.4) is 0 Å². The van der Waals surface area contributed by atoms with Gasteiger partial charge < -0.3 is 15.8 Å². The van der Waals surface area contributed by atoms with Crippen LogP contribution in [0.2, 0.25) is 0 Å². The van der Waals surface area contributed by atoms with E-state index in [1.54, 1.807) is 7.11 Å². The van der Waals surface area contributed by atoms with Crippen molar-refractivity contribution in [3.05, 3.63) is 35.9 Å². The molecule has 1 aromatic rings. The Morgan fingerprint density at radius 1 is 1.35 bits per heavy atom. The summed E-state index contributed by atoms with van der Waals surface area (Å²) in [6.45, 7) is 5.01. The van der Waals surface area contributed by atoms with E-state index in [9.17, 15) is 4.79 Å². The number of benzene rings is 1. The van der Waals surface area contributed by atoms with Gasteiger partial charge in [0.15, 0.2) is 0 Å². The molecule has 0 spiro atoms. The van der Waals surface area contributed by atoms with Crippen LogP contribution >= 0.6 is 0 Å². The number of carbonyl (C=O) groups is 1. The molecule has 3 unspecified atom stereocenters. The third kappa shape index (κ3) is 4.62. The Balaban J connectivity index is 2.86. The van der Waals surface area contributed by atoms with Crippen molar-refractivity contribution < 1.29 is 9.53 Å². The van der Waals surface area contributed by atoms with Gasteiger partial charge in [0.2, 0.25) is 5.91 Å². The van der Waals surface area contributed by atoms with Crippen LogP contribution in [0.1, 0.15) is 31.7 Å². The molecular weight excluding hydrogens is 252 g/mol. The van der Waals surface area contributed by atoms with Crippen molar-refractivity contribution in [2.75, 3.05) is 20.3 Å². The Morgan fingerprint density at radius 3 is 2.50 bits per heavy atom. The molecule has 0 aliphatic rings. The molecule has 3 N–H and O–H groups in total. The summed E-state index contributed by atoms with van der Waals surface area (Å²) in [6.07, 6.45) is 0.949. The van der Waals surface area contributed by atoms with Crippen LogP contribution in [0, 0.1) is 5.92 Å². The summed E-state index contributed by atoms with van der Waals surface area (Å²) in [7, 11) is 1.61. The number of nitrogens with two attached hydrogens (primary N) is 1. The first-order chi connectivity index (χ1) is 9.63. The molecule has 1 aromatic carbocycles. The number of hydrogen-bond donors (Lipinski definition) is 2. The summed E-state index contributed by atoms with van der Waals surface area (Å²) >= 11 is 0. The molecule has 4 nitrogen and oxygen atoms in total. The van der Waals surface area contributed by atoms with Crippen molar-refractivity contribution in [1.29, 1.82) is 0 Å². The van der Waals surface area contributed by atoms with Crippen LogP contribution in [-0.2, 0) is 9.53 Å². The fourth-order valence-electron chi connectivity index (χ4n) is 2.30. The SMILES string of the molecule is CCC(C)C(C(=O)NC(CN)COC)c1ccccc1.